The van der Waals surface area contributed by atoms with Crippen molar-refractivity contribution in [3.05, 3.63) is 23.8 Å². The summed E-state index contributed by atoms with van der Waals surface area (Å²) in [5.74, 6) is 0.0221. The van der Waals surface area contributed by atoms with Crippen molar-refractivity contribution in [1.82, 2.24) is 0 Å². The zero-order valence-corrected chi connectivity index (χ0v) is 35.4. The number of methoxy groups -OCH3 is 3. The second-order valence-electron chi connectivity index (χ2n) is 18.0. The van der Waals surface area contributed by atoms with E-state index in [9.17, 15) is 9.59 Å². The predicted octanol–water partition coefficient (Wildman–Crippen LogP) is 6.41. The van der Waals surface area contributed by atoms with E-state index in [1.165, 1.54) is 0 Å². The van der Waals surface area contributed by atoms with Crippen LogP contribution in [0.3, 0.4) is 0 Å². The van der Waals surface area contributed by atoms with Crippen LogP contribution in [0.1, 0.15) is 98.8 Å². The Morgan fingerprint density at radius 1 is 0.818 bits per heavy atom. The largest absolute Gasteiger partial charge is 0.462 e. The molecule has 6 aliphatic rings. The molecule has 4 fully saturated rings. The van der Waals surface area contributed by atoms with Crippen molar-refractivity contribution in [2.45, 2.75) is 166 Å². The summed E-state index contributed by atoms with van der Waals surface area (Å²) in [4.78, 5) is 28.3. The van der Waals surface area contributed by atoms with Gasteiger partial charge in [0.05, 0.1) is 45.4 Å². The van der Waals surface area contributed by atoms with Gasteiger partial charge in [-0.2, -0.15) is 0 Å². The molecule has 0 amide bonds. The molecule has 6 rings (SSSR count). The van der Waals surface area contributed by atoms with Gasteiger partial charge in [-0.3, -0.25) is 9.59 Å². The highest BCUT2D eigenvalue weighted by molar-refractivity contribution is 5.99. The summed E-state index contributed by atoms with van der Waals surface area (Å²) in [5, 5.41) is 0. The number of fused-ring (bicyclic) bond motifs is 5. The summed E-state index contributed by atoms with van der Waals surface area (Å²) in [5.41, 5.74) is 0.769. The van der Waals surface area contributed by atoms with E-state index in [-0.39, 0.29) is 96.8 Å². The fraction of sp³-hybridized carbons (Fsp3) is 0.864. The standard InChI is InChI=1S/C44H72NO10/c1-11-20-45(6,7)36-18-19-39(51-26(36)4)55-37-15-13-14-29(12-2)53-38(46)24-34-31-17-16-28-21-30(22-32(28)33(31)23-35(34)40(47)25(37)3)54-44-43(50-10)42(49-9)41(48-8)27(5)52-44/h16-17,23,25-34,36-37,39,41-44H,11-15,18-22,24H2,1-10H3/q+1/t25-,26-,27+,28-,29+,30-,31-,32-,33-,34+,36+,37+,39+,41+,42-,43-,44+/m1/s1. The molecule has 11 heteroatoms. The zero-order chi connectivity index (χ0) is 39.6. The molecule has 0 bridgehead atoms. The molecule has 55 heavy (non-hydrogen) atoms. The Bertz CT molecular complexity index is 1370. The third-order valence-electron chi connectivity index (χ3n) is 14.3. The normalized spacial score (nSPS) is 44.1. The number of hydrogen-bond acceptors (Lipinski definition) is 10. The van der Waals surface area contributed by atoms with Gasteiger partial charge in [0.2, 0.25) is 0 Å². The van der Waals surface area contributed by atoms with Crippen molar-refractivity contribution >= 4 is 11.8 Å². The van der Waals surface area contributed by atoms with Crippen LogP contribution < -0.4 is 0 Å². The van der Waals surface area contributed by atoms with Crippen molar-refractivity contribution in [2.75, 3.05) is 42.0 Å². The molecule has 3 aliphatic heterocycles. The molecule has 312 valence electrons. The average Bonchev–Trinajstić information content (AvgIpc) is 3.73. The molecule has 0 N–H and O–H groups in total. The third-order valence-corrected chi connectivity index (χ3v) is 14.3. The lowest BCUT2D eigenvalue weighted by atomic mass is 9.70. The lowest BCUT2D eigenvalue weighted by molar-refractivity contribution is -0.920. The molecular formula is C44H72NO10+. The molecule has 0 aromatic rings. The van der Waals surface area contributed by atoms with Crippen molar-refractivity contribution in [3.8, 4) is 0 Å². The van der Waals surface area contributed by atoms with E-state index >= 15 is 0 Å². The van der Waals surface area contributed by atoms with Crippen LogP contribution in [-0.2, 0) is 47.5 Å². The highest BCUT2D eigenvalue weighted by atomic mass is 16.7. The van der Waals surface area contributed by atoms with E-state index in [1.807, 2.05) is 13.8 Å². The molecule has 0 spiro atoms. The topological polar surface area (TPSA) is 108 Å². The molecule has 0 unspecified atom stereocenters. The number of quaternary nitrogens is 1. The van der Waals surface area contributed by atoms with E-state index in [1.54, 1.807) is 21.3 Å². The van der Waals surface area contributed by atoms with Crippen molar-refractivity contribution < 1.29 is 52.0 Å². The predicted molar refractivity (Wildman–Crippen MR) is 208 cm³/mol. The quantitative estimate of drug-likeness (QED) is 0.133. The number of Topliss-reactive ketones (excluding diaryl/α,β-unsaturated/α-hetero) is 1. The minimum Gasteiger partial charge on any atom is -0.462 e. The van der Waals surface area contributed by atoms with Gasteiger partial charge < -0.3 is 42.4 Å². The van der Waals surface area contributed by atoms with Crippen LogP contribution in [-0.4, -0.2) is 126 Å². The van der Waals surface area contributed by atoms with Gasteiger partial charge >= 0.3 is 5.97 Å². The molecule has 11 nitrogen and oxygen atoms in total. The summed E-state index contributed by atoms with van der Waals surface area (Å²) in [6.45, 7) is 11.6. The number of cyclic esters (lactones) is 1. The fourth-order valence-corrected chi connectivity index (χ4v) is 11.4. The number of esters is 1. The SMILES string of the molecule is CCC[N+](C)(C)[C@H]1CC[C@H](O[C@H]2CCC[C@H](CC)OC(=O)C[C@@H]3C(=C[C@@H]4[C@H]3C=C[C@@H]3C[C@@H](O[C@@H]5O[C@@H](C)[C@H](OC)[C@@H](OC)[C@H]5OC)C[C@@H]43)C(=O)[C@@H]2C)O[C@@H]1C. The second kappa shape index (κ2) is 18.5. The number of allylic oxidation sites excluding steroid dienone is 4. The number of hydrogen-bond donors (Lipinski definition) is 0. The molecule has 0 radical (unpaired) electrons. The van der Waals surface area contributed by atoms with Gasteiger partial charge in [0.1, 0.15) is 36.6 Å². The van der Waals surface area contributed by atoms with Crippen LogP contribution >= 0.6 is 0 Å². The van der Waals surface area contributed by atoms with Gasteiger partial charge in [0, 0.05) is 46.0 Å². The molecule has 0 aromatic heterocycles. The smallest absolute Gasteiger partial charge is 0.306 e. The van der Waals surface area contributed by atoms with E-state index in [4.69, 9.17) is 37.9 Å². The Balaban J connectivity index is 1.20. The first-order chi connectivity index (χ1) is 26.3. The zero-order valence-electron chi connectivity index (χ0n) is 35.4. The van der Waals surface area contributed by atoms with Crippen molar-refractivity contribution in [1.29, 1.82) is 0 Å². The summed E-state index contributed by atoms with van der Waals surface area (Å²) >= 11 is 0. The molecule has 3 aliphatic carbocycles. The molecule has 3 saturated heterocycles. The number of carbonyl (C=O) groups is 2. The summed E-state index contributed by atoms with van der Waals surface area (Å²) < 4.78 is 50.9. The van der Waals surface area contributed by atoms with E-state index in [0.717, 1.165) is 68.0 Å². The Labute approximate surface area is 330 Å². The maximum absolute atomic E-state index is 14.8. The highest BCUT2D eigenvalue weighted by Crippen LogP contribution is 2.54. The minimum absolute atomic E-state index is 0.0446. The first-order valence-corrected chi connectivity index (χ1v) is 21.5. The number of carbonyl (C=O) groups excluding carboxylic acids is 2. The number of likely N-dealkylation sites (N-methyl/N-ethyl adjacent to an activating group) is 1. The molecule has 1 saturated carbocycles. The van der Waals surface area contributed by atoms with Crippen LogP contribution in [0.5, 0.6) is 0 Å². The first-order valence-electron chi connectivity index (χ1n) is 21.5. The molecule has 17 atom stereocenters. The van der Waals surface area contributed by atoms with Crippen molar-refractivity contribution in [3.63, 3.8) is 0 Å². The van der Waals surface area contributed by atoms with Gasteiger partial charge in [0.25, 0.3) is 0 Å². The Morgan fingerprint density at radius 2 is 1.56 bits per heavy atom. The second-order valence-corrected chi connectivity index (χ2v) is 18.0. The number of nitrogens with zero attached hydrogens (tertiary/aromatic N) is 1. The molecule has 0 aromatic carbocycles. The highest BCUT2D eigenvalue weighted by Gasteiger charge is 2.53. The number of ketones is 1. The van der Waals surface area contributed by atoms with Gasteiger partial charge in [-0.15, -0.1) is 0 Å². The van der Waals surface area contributed by atoms with Gasteiger partial charge in [-0.05, 0) is 88.0 Å². The van der Waals surface area contributed by atoms with Crippen LogP contribution in [0.25, 0.3) is 0 Å². The average molecular weight is 775 g/mol. The van der Waals surface area contributed by atoms with E-state index < -0.39 is 12.4 Å². The first kappa shape index (κ1) is 42.9. The maximum Gasteiger partial charge on any atom is 0.306 e. The maximum atomic E-state index is 14.8. The Morgan fingerprint density at radius 3 is 2.24 bits per heavy atom. The monoisotopic (exact) mass is 775 g/mol. The van der Waals surface area contributed by atoms with Gasteiger partial charge in [-0.1, -0.05) is 39.0 Å². The lowest BCUT2D eigenvalue weighted by Gasteiger charge is -2.45. The van der Waals surface area contributed by atoms with Crippen LogP contribution in [0.15, 0.2) is 23.8 Å². The minimum atomic E-state index is -0.595. The Hall–Kier alpha value is -1.70. The van der Waals surface area contributed by atoms with E-state index in [0.29, 0.717) is 18.4 Å². The van der Waals surface area contributed by atoms with Crippen LogP contribution in [0, 0.1) is 35.5 Å². The van der Waals surface area contributed by atoms with Crippen LogP contribution in [0.4, 0.5) is 0 Å². The van der Waals surface area contributed by atoms with E-state index in [2.05, 4.69) is 53.1 Å². The third kappa shape index (κ3) is 9.14. The molecular weight excluding hydrogens is 702 g/mol. The lowest BCUT2D eigenvalue weighted by Crippen LogP contribution is -2.59. The fourth-order valence-electron chi connectivity index (χ4n) is 11.4. The van der Waals surface area contributed by atoms with Crippen LogP contribution in [0.2, 0.25) is 0 Å². The molecule has 3 heterocycles. The summed E-state index contributed by atoms with van der Waals surface area (Å²) in [7, 11) is 9.58. The summed E-state index contributed by atoms with van der Waals surface area (Å²) in [6, 6.07) is 0.408. The van der Waals surface area contributed by atoms with Gasteiger partial charge in [-0.25, -0.2) is 0 Å². The summed E-state index contributed by atoms with van der Waals surface area (Å²) in [6.07, 6.45) is 12.1. The van der Waals surface area contributed by atoms with Gasteiger partial charge in [0.15, 0.2) is 18.4 Å². The van der Waals surface area contributed by atoms with Crippen molar-refractivity contribution in [2.24, 2.45) is 35.5 Å². The number of rotatable bonds is 11. The number of ether oxygens (including phenoxy) is 8. The Kier molecular flexibility index (Phi) is 14.4.